The molecule has 0 saturated carbocycles. The summed E-state index contributed by atoms with van der Waals surface area (Å²) in [5.74, 6) is -3.01. The Morgan fingerprint density at radius 3 is 2.55 bits per heavy atom. The summed E-state index contributed by atoms with van der Waals surface area (Å²) in [5, 5.41) is 10.8. The number of carbonyl (C=O) groups is 2. The fourth-order valence-corrected chi connectivity index (χ4v) is 1.88. The number of benzene rings is 1. The molecule has 1 atom stereocenters. The van der Waals surface area contributed by atoms with Gasteiger partial charge >= 0.3 is 5.97 Å². The van der Waals surface area contributed by atoms with E-state index in [-0.39, 0.29) is 18.4 Å². The molecule has 0 aliphatic heterocycles. The molecule has 0 aliphatic rings. The van der Waals surface area contributed by atoms with Crippen LogP contribution in [0.3, 0.4) is 0 Å². The number of ether oxygens (including phenoxy) is 1. The summed E-state index contributed by atoms with van der Waals surface area (Å²) in [4.78, 5) is 23.4. The Hall–Kier alpha value is -2.49. The number of hydrogen-bond donors (Lipinski definition) is 1. The summed E-state index contributed by atoms with van der Waals surface area (Å²) in [6.45, 7) is 0. The van der Waals surface area contributed by atoms with Gasteiger partial charge in [-0.1, -0.05) is 6.07 Å². The van der Waals surface area contributed by atoms with Crippen LogP contribution in [0.5, 0.6) is 0 Å². The fourth-order valence-electron chi connectivity index (χ4n) is 1.88. The van der Waals surface area contributed by atoms with Crippen molar-refractivity contribution in [1.82, 2.24) is 5.32 Å². The number of nitrogens with zero attached hydrogens (tertiary/aromatic N) is 1. The van der Waals surface area contributed by atoms with Crippen LogP contribution < -0.4 is 5.32 Å². The minimum atomic E-state index is -0.944. The van der Waals surface area contributed by atoms with E-state index in [1.807, 2.05) is 6.07 Å². The molecule has 1 aromatic carbocycles. The molecule has 0 aromatic heterocycles. The van der Waals surface area contributed by atoms with Gasteiger partial charge in [0.15, 0.2) is 0 Å². The van der Waals surface area contributed by atoms with Crippen LogP contribution in [0, 0.1) is 23.0 Å². The summed E-state index contributed by atoms with van der Waals surface area (Å²) < 4.78 is 31.5. The van der Waals surface area contributed by atoms with Crippen molar-refractivity contribution in [2.75, 3.05) is 7.11 Å². The molecule has 22 heavy (non-hydrogen) atoms. The van der Waals surface area contributed by atoms with E-state index < -0.39 is 36.0 Å². The predicted molar refractivity (Wildman–Crippen MR) is 73.5 cm³/mol. The summed E-state index contributed by atoms with van der Waals surface area (Å²) in [6.07, 6.45) is 0.311. The summed E-state index contributed by atoms with van der Waals surface area (Å²) >= 11 is 0. The molecule has 0 fully saturated rings. The molecule has 7 heteroatoms. The second-order valence-corrected chi connectivity index (χ2v) is 4.57. The van der Waals surface area contributed by atoms with Gasteiger partial charge in [-0.15, -0.1) is 0 Å². The molecule has 0 heterocycles. The van der Waals surface area contributed by atoms with Gasteiger partial charge < -0.3 is 10.1 Å². The number of unbranched alkanes of at least 4 members (excludes halogenated alkanes) is 1. The molecule has 0 unspecified atom stereocenters. The van der Waals surface area contributed by atoms with Crippen LogP contribution in [-0.2, 0) is 20.7 Å². The number of amides is 1. The zero-order valence-corrected chi connectivity index (χ0v) is 12.1. The van der Waals surface area contributed by atoms with Crippen molar-refractivity contribution in [2.45, 2.75) is 31.7 Å². The lowest BCUT2D eigenvalue weighted by molar-refractivity contribution is -0.145. The lowest BCUT2D eigenvalue weighted by Crippen LogP contribution is -2.42. The van der Waals surface area contributed by atoms with Gasteiger partial charge in [-0.3, -0.25) is 4.79 Å². The van der Waals surface area contributed by atoms with Gasteiger partial charge in [-0.2, -0.15) is 5.26 Å². The van der Waals surface area contributed by atoms with Crippen molar-refractivity contribution in [3.8, 4) is 6.07 Å². The van der Waals surface area contributed by atoms with Gasteiger partial charge in [-0.25, -0.2) is 13.6 Å². The van der Waals surface area contributed by atoms with Crippen LogP contribution in [0.1, 0.15) is 24.8 Å². The number of rotatable bonds is 7. The number of hydrogen-bond acceptors (Lipinski definition) is 4. The Balaban J connectivity index is 2.70. The quantitative estimate of drug-likeness (QED) is 0.616. The predicted octanol–water partition coefficient (Wildman–Crippen LogP) is 1.86. The number of halogens is 2. The fraction of sp³-hybridized carbons (Fsp3) is 0.400. The maximum absolute atomic E-state index is 13.5. The SMILES string of the molecule is COC(=O)[C@H](CCCC#N)NC(=O)Cc1c(F)cccc1F. The van der Waals surface area contributed by atoms with Gasteiger partial charge in [0.25, 0.3) is 0 Å². The largest absolute Gasteiger partial charge is 0.467 e. The highest BCUT2D eigenvalue weighted by atomic mass is 19.1. The van der Waals surface area contributed by atoms with Crippen LogP contribution in [0.2, 0.25) is 0 Å². The number of carbonyl (C=O) groups excluding carboxylic acids is 2. The second kappa shape index (κ2) is 8.72. The third-order valence-electron chi connectivity index (χ3n) is 3.00. The maximum atomic E-state index is 13.5. The Labute approximate surface area is 126 Å². The van der Waals surface area contributed by atoms with E-state index in [9.17, 15) is 18.4 Å². The topological polar surface area (TPSA) is 79.2 Å². The molecule has 0 saturated heterocycles. The molecular formula is C15H16F2N2O3. The van der Waals surface area contributed by atoms with Crippen molar-refractivity contribution in [2.24, 2.45) is 0 Å². The number of nitriles is 1. The number of esters is 1. The standard InChI is InChI=1S/C15H16F2N2O3/c1-22-15(21)13(7-2-3-8-18)19-14(20)9-10-11(16)5-4-6-12(10)17/h4-6,13H,2-3,7,9H2,1H3,(H,19,20)/t13-/m0/s1. The van der Waals surface area contributed by atoms with Crippen LogP contribution in [0.15, 0.2) is 18.2 Å². The van der Waals surface area contributed by atoms with Gasteiger partial charge in [0, 0.05) is 12.0 Å². The smallest absolute Gasteiger partial charge is 0.328 e. The zero-order valence-electron chi connectivity index (χ0n) is 12.1. The molecule has 118 valence electrons. The van der Waals surface area contributed by atoms with Crippen LogP contribution >= 0.6 is 0 Å². The molecule has 1 N–H and O–H groups in total. The summed E-state index contributed by atoms with van der Waals surface area (Å²) in [6, 6.07) is 4.28. The van der Waals surface area contributed by atoms with E-state index in [4.69, 9.17) is 5.26 Å². The zero-order chi connectivity index (χ0) is 16.5. The summed E-state index contributed by atoms with van der Waals surface area (Å²) in [5.41, 5.74) is -0.361. The van der Waals surface area contributed by atoms with Crippen molar-refractivity contribution in [3.05, 3.63) is 35.4 Å². The Bertz CT molecular complexity index is 564. The highest BCUT2D eigenvalue weighted by molar-refractivity contribution is 5.85. The van der Waals surface area contributed by atoms with Crippen LogP contribution in [0.4, 0.5) is 8.78 Å². The molecule has 1 aromatic rings. The van der Waals surface area contributed by atoms with Crippen molar-refractivity contribution >= 4 is 11.9 Å². The Morgan fingerprint density at radius 2 is 2.00 bits per heavy atom. The van der Waals surface area contributed by atoms with E-state index in [0.717, 1.165) is 12.1 Å². The molecule has 0 aliphatic carbocycles. The first kappa shape index (κ1) is 17.6. The second-order valence-electron chi connectivity index (χ2n) is 4.57. The Kier molecular flexibility index (Phi) is 6.96. The molecular weight excluding hydrogens is 294 g/mol. The molecule has 0 bridgehead atoms. The first-order valence-electron chi connectivity index (χ1n) is 6.66. The van der Waals surface area contributed by atoms with E-state index in [1.165, 1.54) is 13.2 Å². The monoisotopic (exact) mass is 310 g/mol. The molecule has 1 rings (SSSR count). The lowest BCUT2D eigenvalue weighted by Gasteiger charge is -2.16. The van der Waals surface area contributed by atoms with Crippen molar-refractivity contribution in [1.29, 1.82) is 5.26 Å². The molecule has 5 nitrogen and oxygen atoms in total. The average Bonchev–Trinajstić information content (AvgIpc) is 2.49. The molecule has 0 spiro atoms. The third kappa shape index (κ3) is 5.13. The van der Waals surface area contributed by atoms with Gasteiger partial charge in [0.05, 0.1) is 19.6 Å². The first-order chi connectivity index (χ1) is 10.5. The van der Waals surface area contributed by atoms with Crippen LogP contribution in [0.25, 0.3) is 0 Å². The highest BCUT2D eigenvalue weighted by Crippen LogP contribution is 2.13. The van der Waals surface area contributed by atoms with E-state index >= 15 is 0 Å². The minimum absolute atomic E-state index is 0.214. The van der Waals surface area contributed by atoms with Gasteiger partial charge in [0.2, 0.25) is 5.91 Å². The third-order valence-corrected chi connectivity index (χ3v) is 3.00. The first-order valence-corrected chi connectivity index (χ1v) is 6.66. The molecule has 0 radical (unpaired) electrons. The van der Waals surface area contributed by atoms with Crippen molar-refractivity contribution < 1.29 is 23.1 Å². The Morgan fingerprint density at radius 1 is 1.36 bits per heavy atom. The summed E-state index contributed by atoms with van der Waals surface area (Å²) in [7, 11) is 1.17. The minimum Gasteiger partial charge on any atom is -0.467 e. The maximum Gasteiger partial charge on any atom is 0.328 e. The van der Waals surface area contributed by atoms with Crippen LogP contribution in [-0.4, -0.2) is 25.0 Å². The normalized spacial score (nSPS) is 11.4. The molecule has 1 amide bonds. The average molecular weight is 310 g/mol. The van der Waals surface area contributed by atoms with Gasteiger partial charge in [0.1, 0.15) is 17.7 Å². The van der Waals surface area contributed by atoms with E-state index in [2.05, 4.69) is 10.1 Å². The van der Waals surface area contributed by atoms with Gasteiger partial charge in [-0.05, 0) is 25.0 Å². The van der Waals surface area contributed by atoms with E-state index in [1.54, 1.807) is 0 Å². The number of nitrogens with one attached hydrogen (secondary N) is 1. The highest BCUT2D eigenvalue weighted by Gasteiger charge is 2.22. The number of methoxy groups -OCH3 is 1. The van der Waals surface area contributed by atoms with Crippen molar-refractivity contribution in [3.63, 3.8) is 0 Å². The van der Waals surface area contributed by atoms with E-state index in [0.29, 0.717) is 6.42 Å². The lowest BCUT2D eigenvalue weighted by atomic mass is 10.1.